The smallest absolute Gasteiger partial charge is 0.183 e. The molecular weight excluding hydrogens is 370 g/mol. The minimum atomic E-state index is -3.70. The number of halogens is 1. The van der Waals surface area contributed by atoms with Gasteiger partial charge in [0.1, 0.15) is 5.41 Å². The van der Waals surface area contributed by atoms with Gasteiger partial charge in [-0.2, -0.15) is 5.26 Å². The molecule has 6 heteroatoms. The molecule has 2 aromatic carbocycles. The monoisotopic (exact) mass is 389 g/mol. The van der Waals surface area contributed by atoms with Gasteiger partial charge in [0.05, 0.1) is 22.8 Å². The van der Waals surface area contributed by atoms with Crippen molar-refractivity contribution in [3.05, 3.63) is 64.7 Å². The first-order valence-corrected chi connectivity index (χ1v) is 10.3. The number of rotatable bonds is 6. The van der Waals surface area contributed by atoms with Crippen molar-refractivity contribution in [2.45, 2.75) is 29.9 Å². The van der Waals surface area contributed by atoms with E-state index < -0.39 is 26.4 Å². The first-order valence-electron chi connectivity index (χ1n) is 8.42. The summed E-state index contributed by atoms with van der Waals surface area (Å²) in [6.07, 6.45) is 0. The minimum absolute atomic E-state index is 0.0933. The molecule has 136 valence electrons. The van der Waals surface area contributed by atoms with Crippen LogP contribution in [-0.2, 0) is 14.6 Å². The van der Waals surface area contributed by atoms with Crippen LogP contribution in [0, 0.1) is 23.7 Å². The van der Waals surface area contributed by atoms with Crippen LogP contribution in [0.5, 0.6) is 0 Å². The summed E-state index contributed by atoms with van der Waals surface area (Å²) in [6, 6.07) is 16.0. The van der Waals surface area contributed by atoms with Gasteiger partial charge in [-0.15, -0.1) is 0 Å². The van der Waals surface area contributed by atoms with E-state index in [1.165, 1.54) is 12.1 Å². The average molecular weight is 390 g/mol. The fraction of sp³-hybridized carbons (Fsp3) is 0.350. The molecule has 1 saturated carbocycles. The SMILES string of the molecule is CCOC[C@]1(C#N)[C@@H](c2ccc(C)cc2)[C@@H]1S(=O)(=O)c1ccc(Cl)cc1. The van der Waals surface area contributed by atoms with E-state index in [2.05, 4.69) is 6.07 Å². The van der Waals surface area contributed by atoms with Crippen LogP contribution in [0.3, 0.4) is 0 Å². The molecule has 0 amide bonds. The van der Waals surface area contributed by atoms with Crippen LogP contribution in [0.4, 0.5) is 0 Å². The molecule has 0 heterocycles. The van der Waals surface area contributed by atoms with Crippen LogP contribution in [0.2, 0.25) is 5.02 Å². The second kappa shape index (κ2) is 7.03. The van der Waals surface area contributed by atoms with Gasteiger partial charge in [-0.05, 0) is 43.7 Å². The van der Waals surface area contributed by atoms with Gasteiger partial charge in [0, 0.05) is 17.5 Å². The molecule has 1 aliphatic rings. The third-order valence-electron chi connectivity index (χ3n) is 4.92. The zero-order chi connectivity index (χ0) is 18.9. The fourth-order valence-corrected chi connectivity index (χ4v) is 5.92. The highest BCUT2D eigenvalue weighted by atomic mass is 35.5. The number of aryl methyl sites for hydroxylation is 1. The standard InChI is InChI=1S/C20H20ClNO3S/c1-3-25-13-20(12-22)18(15-6-4-14(2)5-7-15)19(20)26(23,24)17-10-8-16(21)9-11-17/h4-11,18-19H,3,13H2,1-2H3/t18-,19-,20+/m0/s1. The average Bonchev–Trinajstić information content (AvgIpc) is 3.31. The zero-order valence-corrected chi connectivity index (χ0v) is 16.2. The fourth-order valence-electron chi connectivity index (χ4n) is 3.49. The highest BCUT2D eigenvalue weighted by Crippen LogP contribution is 2.63. The molecule has 0 unspecified atom stereocenters. The molecule has 1 aliphatic carbocycles. The Kier molecular flexibility index (Phi) is 5.12. The van der Waals surface area contributed by atoms with Gasteiger partial charge < -0.3 is 4.74 Å². The van der Waals surface area contributed by atoms with Gasteiger partial charge in [0.2, 0.25) is 0 Å². The molecule has 0 saturated heterocycles. The lowest BCUT2D eigenvalue weighted by Crippen LogP contribution is -2.19. The summed E-state index contributed by atoms with van der Waals surface area (Å²) in [6.45, 7) is 4.32. The maximum absolute atomic E-state index is 13.2. The molecule has 4 nitrogen and oxygen atoms in total. The van der Waals surface area contributed by atoms with Crippen LogP contribution in [0.25, 0.3) is 0 Å². The van der Waals surface area contributed by atoms with E-state index in [1.54, 1.807) is 12.1 Å². The molecule has 2 aromatic rings. The van der Waals surface area contributed by atoms with Crippen LogP contribution in [0.1, 0.15) is 24.0 Å². The zero-order valence-electron chi connectivity index (χ0n) is 14.6. The van der Waals surface area contributed by atoms with Gasteiger partial charge in [0.15, 0.2) is 9.84 Å². The van der Waals surface area contributed by atoms with E-state index >= 15 is 0 Å². The normalized spacial score (nSPS) is 24.8. The Morgan fingerprint density at radius 2 is 1.77 bits per heavy atom. The van der Waals surface area contributed by atoms with Crippen molar-refractivity contribution < 1.29 is 13.2 Å². The quantitative estimate of drug-likeness (QED) is 0.744. The molecule has 0 N–H and O–H groups in total. The third kappa shape index (κ3) is 3.14. The first kappa shape index (κ1) is 18.9. The third-order valence-corrected chi connectivity index (χ3v) is 7.47. The number of hydrogen-bond acceptors (Lipinski definition) is 4. The first-order chi connectivity index (χ1) is 12.4. The molecular formula is C20H20ClNO3S. The second-order valence-corrected chi connectivity index (χ2v) is 9.10. The van der Waals surface area contributed by atoms with Crippen LogP contribution >= 0.6 is 11.6 Å². The van der Waals surface area contributed by atoms with Crippen molar-refractivity contribution in [2.24, 2.45) is 5.41 Å². The Labute approximate surface area is 159 Å². The van der Waals surface area contributed by atoms with Crippen molar-refractivity contribution in [2.75, 3.05) is 13.2 Å². The molecule has 0 radical (unpaired) electrons. The van der Waals surface area contributed by atoms with Gasteiger partial charge in [0.25, 0.3) is 0 Å². The molecule has 0 aliphatic heterocycles. The predicted octanol–water partition coefficient (Wildman–Crippen LogP) is 4.13. The van der Waals surface area contributed by atoms with Crippen LogP contribution in [-0.4, -0.2) is 26.9 Å². The summed E-state index contributed by atoms with van der Waals surface area (Å²) in [5.74, 6) is -0.416. The lowest BCUT2D eigenvalue weighted by atomic mass is 10.0. The molecule has 3 rings (SSSR count). The Bertz CT molecular complexity index is 933. The highest BCUT2D eigenvalue weighted by molar-refractivity contribution is 7.92. The minimum Gasteiger partial charge on any atom is -0.380 e. The number of hydrogen-bond donors (Lipinski definition) is 0. The summed E-state index contributed by atoms with van der Waals surface area (Å²) in [5.41, 5.74) is 0.849. The van der Waals surface area contributed by atoms with Gasteiger partial charge in [-0.3, -0.25) is 0 Å². The Morgan fingerprint density at radius 1 is 1.15 bits per heavy atom. The van der Waals surface area contributed by atoms with E-state index in [0.29, 0.717) is 11.6 Å². The van der Waals surface area contributed by atoms with Crippen LogP contribution in [0.15, 0.2) is 53.4 Å². The van der Waals surface area contributed by atoms with Gasteiger partial charge >= 0.3 is 0 Å². The molecule has 0 bridgehead atoms. The summed E-state index contributed by atoms with van der Waals surface area (Å²) in [4.78, 5) is 0.178. The summed E-state index contributed by atoms with van der Waals surface area (Å²) < 4.78 is 32.0. The van der Waals surface area contributed by atoms with E-state index in [1.807, 2.05) is 38.1 Å². The lowest BCUT2D eigenvalue weighted by molar-refractivity contribution is 0.117. The summed E-state index contributed by atoms with van der Waals surface area (Å²) in [7, 11) is -3.70. The Hall–Kier alpha value is -1.87. The Balaban J connectivity index is 2.05. The van der Waals surface area contributed by atoms with Crippen LogP contribution < -0.4 is 0 Å². The maximum atomic E-state index is 13.2. The topological polar surface area (TPSA) is 67.2 Å². The number of benzene rings is 2. The van der Waals surface area contributed by atoms with E-state index in [4.69, 9.17) is 16.3 Å². The van der Waals surface area contributed by atoms with E-state index in [0.717, 1.165) is 11.1 Å². The van der Waals surface area contributed by atoms with Crippen molar-refractivity contribution in [3.8, 4) is 6.07 Å². The molecule has 1 fully saturated rings. The number of ether oxygens (including phenoxy) is 1. The number of nitrogens with zero attached hydrogens (tertiary/aromatic N) is 1. The largest absolute Gasteiger partial charge is 0.380 e. The Morgan fingerprint density at radius 3 is 2.31 bits per heavy atom. The lowest BCUT2D eigenvalue weighted by Gasteiger charge is -2.10. The molecule has 3 atom stereocenters. The maximum Gasteiger partial charge on any atom is 0.183 e. The molecule has 0 spiro atoms. The summed E-state index contributed by atoms with van der Waals surface area (Å²) >= 11 is 5.88. The molecule has 26 heavy (non-hydrogen) atoms. The predicted molar refractivity (Wildman–Crippen MR) is 101 cm³/mol. The number of sulfone groups is 1. The second-order valence-electron chi connectivity index (χ2n) is 6.60. The van der Waals surface area contributed by atoms with Crippen molar-refractivity contribution >= 4 is 21.4 Å². The molecule has 0 aromatic heterocycles. The highest BCUT2D eigenvalue weighted by Gasteiger charge is 2.72. The van der Waals surface area contributed by atoms with Crippen molar-refractivity contribution in [3.63, 3.8) is 0 Å². The van der Waals surface area contributed by atoms with E-state index in [-0.39, 0.29) is 11.5 Å². The van der Waals surface area contributed by atoms with Crippen molar-refractivity contribution in [1.82, 2.24) is 0 Å². The van der Waals surface area contributed by atoms with Gasteiger partial charge in [-0.1, -0.05) is 41.4 Å². The summed E-state index contributed by atoms with van der Waals surface area (Å²) in [5, 5.41) is 9.51. The number of nitriles is 1. The van der Waals surface area contributed by atoms with Gasteiger partial charge in [-0.25, -0.2) is 8.42 Å². The van der Waals surface area contributed by atoms with E-state index in [9.17, 15) is 13.7 Å². The van der Waals surface area contributed by atoms with Crippen molar-refractivity contribution in [1.29, 1.82) is 5.26 Å².